The van der Waals surface area contributed by atoms with Gasteiger partial charge >= 0.3 is 0 Å². The summed E-state index contributed by atoms with van der Waals surface area (Å²) in [5, 5.41) is 11.1. The Labute approximate surface area is 497 Å². The van der Waals surface area contributed by atoms with E-state index < -0.39 is 34.6 Å². The molecule has 0 atom stereocenters. The third kappa shape index (κ3) is 6.49. The van der Waals surface area contributed by atoms with Crippen LogP contribution in [0.4, 0.5) is 17.6 Å². The average molecular weight is 1140 g/mol. The zero-order valence-corrected chi connectivity index (χ0v) is 46.6. The van der Waals surface area contributed by atoms with Crippen LogP contribution >= 0.6 is 0 Å². The van der Waals surface area contributed by atoms with Crippen LogP contribution in [0.15, 0.2) is 267 Å². The van der Waals surface area contributed by atoms with Gasteiger partial charge in [0.1, 0.15) is 11.4 Å². The molecule has 0 saturated carbocycles. The average Bonchev–Trinajstić information content (AvgIpc) is 1.70. The highest BCUT2D eigenvalue weighted by atomic mass is 19.2. The minimum absolute atomic E-state index is 0.357. The Hall–Kier alpha value is -11.6. The third-order valence-electron chi connectivity index (χ3n) is 18.5. The summed E-state index contributed by atoms with van der Waals surface area (Å²) < 4.78 is 84.5. The molecule has 6 heterocycles. The minimum atomic E-state index is -1.54. The zero-order valence-electron chi connectivity index (χ0n) is 46.6. The van der Waals surface area contributed by atoms with Crippen LogP contribution in [-0.2, 0) is 0 Å². The van der Waals surface area contributed by atoms with Gasteiger partial charge in [-0.1, -0.05) is 146 Å². The van der Waals surface area contributed by atoms with Crippen molar-refractivity contribution >= 4 is 131 Å². The Morgan fingerprint density at radius 2 is 0.318 bits per heavy atom. The number of aromatic nitrogens is 6. The first-order valence-corrected chi connectivity index (χ1v) is 29.4. The molecule has 88 heavy (non-hydrogen) atoms. The fourth-order valence-corrected chi connectivity index (χ4v) is 14.8. The number of hydrogen-bond donors (Lipinski definition) is 0. The molecule has 0 spiro atoms. The van der Waals surface area contributed by atoms with Gasteiger partial charge in [-0.05, 0) is 121 Å². The molecule has 0 aliphatic heterocycles. The molecule has 0 unspecified atom stereocenters. The first kappa shape index (κ1) is 48.7. The lowest BCUT2D eigenvalue weighted by Crippen LogP contribution is -2.12. The number of para-hydroxylation sites is 8. The Morgan fingerprint density at radius 1 is 0.159 bits per heavy atom. The summed E-state index contributed by atoms with van der Waals surface area (Å²) in [5.41, 5.74) is 10.7. The fourth-order valence-electron chi connectivity index (χ4n) is 14.8. The molecule has 0 aliphatic carbocycles. The minimum Gasteiger partial charge on any atom is -0.309 e. The van der Waals surface area contributed by atoms with Gasteiger partial charge in [-0.2, -0.15) is 0 Å². The van der Waals surface area contributed by atoms with E-state index in [0.29, 0.717) is 43.6 Å². The highest BCUT2D eigenvalue weighted by Gasteiger charge is 2.32. The van der Waals surface area contributed by atoms with E-state index in [4.69, 9.17) is 0 Å². The molecule has 6 nitrogen and oxygen atoms in total. The van der Waals surface area contributed by atoms with Crippen molar-refractivity contribution in [3.05, 3.63) is 290 Å². The molecule has 0 radical (unpaired) electrons. The second kappa shape index (κ2) is 18.0. The van der Waals surface area contributed by atoms with Crippen LogP contribution in [0, 0.1) is 23.3 Å². The van der Waals surface area contributed by atoms with Crippen LogP contribution in [0.5, 0.6) is 0 Å². The molecular formula is C78H44F4N6. The standard InChI is InChI=1S/C78H44F4N6/c79-73-75(81)78(88-71-39-35-47(85-65-29-13-5-21-53(65)54-22-6-14-30-66(54)85)43-59(71)60-44-48(36-40-72(60)88)86-67-31-15-7-23-55(67)56-24-8-16-32-68(56)86)76(82)74(80)77(73)87-69-37-33-45(83-61-25-9-1-17-49(61)50-18-2-10-26-62(50)83)41-57(69)58-42-46(34-38-70(58)87)84-63-27-11-3-19-51(63)52-20-4-12-28-64(52)84/h1-44H. The van der Waals surface area contributed by atoms with Crippen molar-refractivity contribution in [1.82, 2.24) is 27.4 Å². The first-order chi connectivity index (χ1) is 43.4. The number of benzene rings is 13. The molecule has 6 aromatic heterocycles. The Bertz CT molecular complexity index is 5300. The second-order valence-corrected chi connectivity index (χ2v) is 22.9. The van der Waals surface area contributed by atoms with E-state index in [1.807, 2.05) is 146 Å². The van der Waals surface area contributed by atoms with Gasteiger partial charge in [-0.3, -0.25) is 0 Å². The largest absolute Gasteiger partial charge is 0.309 e. The molecule has 19 rings (SSSR count). The van der Waals surface area contributed by atoms with Crippen LogP contribution in [-0.4, -0.2) is 27.4 Å². The molecule has 0 N–H and O–H groups in total. The highest BCUT2D eigenvalue weighted by molar-refractivity contribution is 6.17. The normalized spacial score (nSPS) is 12.3. The molecule has 13 aromatic carbocycles. The molecular weight excluding hydrogens is 1100 g/mol. The van der Waals surface area contributed by atoms with E-state index in [-0.39, 0.29) is 0 Å². The number of halogens is 4. The van der Waals surface area contributed by atoms with Crippen molar-refractivity contribution in [3.63, 3.8) is 0 Å². The topological polar surface area (TPSA) is 29.6 Å². The molecule has 0 saturated heterocycles. The van der Waals surface area contributed by atoms with E-state index in [1.165, 1.54) is 9.13 Å². The maximum Gasteiger partial charge on any atom is 0.188 e. The van der Waals surface area contributed by atoms with Crippen LogP contribution in [0.1, 0.15) is 0 Å². The SMILES string of the molecule is Fc1c(F)c(-n2c3ccc(-n4c5ccccc5c5ccccc54)cc3c3cc(-n4c5ccccc5c5ccccc54)ccc32)c(F)c(F)c1-n1c2ccc(-n3c4ccccc4c4ccccc43)cc2c2cc(-n3c4ccccc4c4ccccc43)ccc21. The summed E-state index contributed by atoms with van der Waals surface area (Å²) in [6.07, 6.45) is 0. The first-order valence-electron chi connectivity index (χ1n) is 29.4. The molecule has 414 valence electrons. The van der Waals surface area contributed by atoms with Crippen molar-refractivity contribution in [2.75, 3.05) is 0 Å². The van der Waals surface area contributed by atoms with Gasteiger partial charge in [0, 0.05) is 87.4 Å². The quantitative estimate of drug-likeness (QED) is 0.117. The van der Waals surface area contributed by atoms with E-state index >= 15 is 17.6 Å². The second-order valence-electron chi connectivity index (χ2n) is 22.9. The number of nitrogens with zero attached hydrogens (tertiary/aromatic N) is 6. The lowest BCUT2D eigenvalue weighted by atomic mass is 10.1. The Balaban J connectivity index is 0.865. The van der Waals surface area contributed by atoms with E-state index in [1.54, 1.807) is 24.3 Å². The third-order valence-corrected chi connectivity index (χ3v) is 18.5. The monoisotopic (exact) mass is 1140 g/mol. The van der Waals surface area contributed by atoms with Crippen molar-refractivity contribution in [2.24, 2.45) is 0 Å². The molecule has 0 amide bonds. The Morgan fingerprint density at radius 3 is 0.500 bits per heavy atom. The number of rotatable bonds is 6. The molecule has 0 aliphatic rings. The van der Waals surface area contributed by atoms with Crippen LogP contribution in [0.2, 0.25) is 0 Å². The summed E-state index contributed by atoms with van der Waals surface area (Å²) in [6.45, 7) is 0. The molecule has 0 fully saturated rings. The van der Waals surface area contributed by atoms with Crippen LogP contribution in [0.3, 0.4) is 0 Å². The van der Waals surface area contributed by atoms with Gasteiger partial charge in [0.25, 0.3) is 0 Å². The number of hydrogen-bond acceptors (Lipinski definition) is 0. The summed E-state index contributed by atoms with van der Waals surface area (Å²) in [5.74, 6) is -6.15. The van der Waals surface area contributed by atoms with Crippen LogP contribution in [0.25, 0.3) is 165 Å². The predicted molar refractivity (Wildman–Crippen MR) is 352 cm³/mol. The van der Waals surface area contributed by atoms with E-state index in [2.05, 4.69) is 115 Å². The van der Waals surface area contributed by atoms with Crippen molar-refractivity contribution < 1.29 is 17.6 Å². The smallest absolute Gasteiger partial charge is 0.188 e. The Kier molecular flexibility index (Phi) is 9.94. The summed E-state index contributed by atoms with van der Waals surface area (Å²) in [4.78, 5) is 0. The highest BCUT2D eigenvalue weighted by Crippen LogP contribution is 2.45. The molecule has 0 bridgehead atoms. The van der Waals surface area contributed by atoms with Crippen molar-refractivity contribution in [1.29, 1.82) is 0 Å². The van der Waals surface area contributed by atoms with Crippen molar-refractivity contribution in [3.8, 4) is 34.1 Å². The predicted octanol–water partition coefficient (Wildman–Crippen LogP) is 20.8. The van der Waals surface area contributed by atoms with Gasteiger partial charge in [-0.25, -0.2) is 17.6 Å². The molecule has 10 heteroatoms. The van der Waals surface area contributed by atoms with Gasteiger partial charge in [0.2, 0.25) is 0 Å². The number of fused-ring (bicyclic) bond motifs is 18. The van der Waals surface area contributed by atoms with Gasteiger partial charge in [0.05, 0.1) is 66.2 Å². The summed E-state index contributed by atoms with van der Waals surface area (Å²) >= 11 is 0. The lowest BCUT2D eigenvalue weighted by molar-refractivity contribution is 0.445. The van der Waals surface area contributed by atoms with Crippen LogP contribution < -0.4 is 0 Å². The lowest BCUT2D eigenvalue weighted by Gasteiger charge is -2.17. The maximum atomic E-state index is 18.3. The summed E-state index contributed by atoms with van der Waals surface area (Å²) in [6, 6.07) is 88.5. The van der Waals surface area contributed by atoms with E-state index in [9.17, 15) is 0 Å². The summed E-state index contributed by atoms with van der Waals surface area (Å²) in [7, 11) is 0. The zero-order chi connectivity index (χ0) is 58.2. The fraction of sp³-hybridized carbons (Fsp3) is 0. The maximum absolute atomic E-state index is 18.3. The van der Waals surface area contributed by atoms with Gasteiger partial charge < -0.3 is 27.4 Å². The van der Waals surface area contributed by atoms with E-state index in [0.717, 1.165) is 110 Å². The van der Waals surface area contributed by atoms with Gasteiger partial charge in [-0.15, -0.1) is 0 Å². The molecule has 19 aromatic rings. The van der Waals surface area contributed by atoms with Crippen molar-refractivity contribution in [2.45, 2.75) is 0 Å². The van der Waals surface area contributed by atoms with Gasteiger partial charge in [0.15, 0.2) is 23.3 Å².